The van der Waals surface area contributed by atoms with Gasteiger partial charge in [0.2, 0.25) is 11.8 Å². The van der Waals surface area contributed by atoms with Crippen molar-refractivity contribution in [1.82, 2.24) is 10.2 Å². The van der Waals surface area contributed by atoms with Gasteiger partial charge in [0.05, 0.1) is 11.5 Å². The molecule has 1 aliphatic heterocycles. The second-order valence-electron chi connectivity index (χ2n) is 5.70. The predicted octanol–water partition coefficient (Wildman–Crippen LogP) is 1.53. The van der Waals surface area contributed by atoms with Gasteiger partial charge in [-0.25, -0.2) is 0 Å². The summed E-state index contributed by atoms with van der Waals surface area (Å²) in [7, 11) is 0. The Labute approximate surface area is 140 Å². The Morgan fingerprint density at radius 1 is 1.17 bits per heavy atom. The van der Waals surface area contributed by atoms with E-state index >= 15 is 0 Å². The summed E-state index contributed by atoms with van der Waals surface area (Å²) in [6.45, 7) is 2.21. The van der Waals surface area contributed by atoms with Gasteiger partial charge >= 0.3 is 0 Å². The number of nitro benzene ring substituents is 1. The fraction of sp³-hybridized carbons (Fsp3) is 0.500. The summed E-state index contributed by atoms with van der Waals surface area (Å²) in [5.74, 6) is -0.169. The van der Waals surface area contributed by atoms with Crippen LogP contribution in [0, 0.1) is 10.1 Å². The number of nitrogens with zero attached hydrogens (tertiary/aromatic N) is 2. The summed E-state index contributed by atoms with van der Waals surface area (Å²) >= 11 is 0. The summed E-state index contributed by atoms with van der Waals surface area (Å²) in [6, 6.07) is 6.12. The molecule has 0 radical (unpaired) electrons. The molecule has 0 unspecified atom stereocenters. The molecule has 2 rings (SSSR count). The van der Waals surface area contributed by atoms with Crippen LogP contribution in [0.1, 0.15) is 25.7 Å². The molecule has 8 nitrogen and oxygen atoms in total. The molecule has 0 atom stereocenters. The molecule has 0 bridgehead atoms. The fourth-order valence-electron chi connectivity index (χ4n) is 2.52. The van der Waals surface area contributed by atoms with Crippen molar-refractivity contribution in [1.29, 1.82) is 0 Å². The third kappa shape index (κ3) is 5.53. The maximum Gasteiger partial charge on any atom is 0.269 e. The van der Waals surface area contributed by atoms with Crippen LogP contribution in [0.5, 0.6) is 0 Å². The number of hydrogen-bond acceptors (Lipinski definition) is 5. The lowest BCUT2D eigenvalue weighted by Gasteiger charge is -2.15. The van der Waals surface area contributed by atoms with E-state index in [2.05, 4.69) is 10.6 Å². The van der Waals surface area contributed by atoms with Crippen molar-refractivity contribution in [3.63, 3.8) is 0 Å². The maximum atomic E-state index is 11.8. The minimum absolute atomic E-state index is 0.0233. The Morgan fingerprint density at radius 2 is 1.83 bits per heavy atom. The third-order valence-corrected chi connectivity index (χ3v) is 3.88. The number of nitro groups is 1. The van der Waals surface area contributed by atoms with Crippen LogP contribution in [0.3, 0.4) is 0 Å². The van der Waals surface area contributed by atoms with E-state index in [1.165, 1.54) is 12.1 Å². The van der Waals surface area contributed by atoms with Crippen LogP contribution in [0.25, 0.3) is 0 Å². The number of non-ortho nitro benzene ring substituents is 1. The van der Waals surface area contributed by atoms with E-state index < -0.39 is 4.92 Å². The average molecular weight is 334 g/mol. The lowest BCUT2D eigenvalue weighted by atomic mass is 10.2. The molecule has 1 fully saturated rings. The van der Waals surface area contributed by atoms with E-state index in [0.717, 1.165) is 31.6 Å². The van der Waals surface area contributed by atoms with Gasteiger partial charge in [-0.3, -0.25) is 19.7 Å². The summed E-state index contributed by atoms with van der Waals surface area (Å²) < 4.78 is 0. The topological polar surface area (TPSA) is 105 Å². The van der Waals surface area contributed by atoms with Gasteiger partial charge in [0.15, 0.2) is 0 Å². The van der Waals surface area contributed by atoms with E-state index in [-0.39, 0.29) is 24.0 Å². The van der Waals surface area contributed by atoms with Crippen molar-refractivity contribution in [2.75, 3.05) is 31.5 Å². The van der Waals surface area contributed by atoms with Gasteiger partial charge in [-0.15, -0.1) is 0 Å². The first-order valence-electron chi connectivity index (χ1n) is 8.09. The van der Waals surface area contributed by atoms with E-state index in [1.54, 1.807) is 17.0 Å². The van der Waals surface area contributed by atoms with Gasteiger partial charge < -0.3 is 15.5 Å². The van der Waals surface area contributed by atoms with Gasteiger partial charge in [-0.1, -0.05) is 0 Å². The Kier molecular flexibility index (Phi) is 6.53. The normalized spacial score (nSPS) is 13.6. The van der Waals surface area contributed by atoms with Crippen LogP contribution in [0.4, 0.5) is 11.4 Å². The number of carbonyl (C=O) groups excluding carboxylic acids is 2. The molecule has 0 aromatic heterocycles. The molecule has 1 aliphatic rings. The highest BCUT2D eigenvalue weighted by Gasteiger charge is 2.17. The average Bonchev–Trinajstić information content (AvgIpc) is 3.11. The molecule has 1 aromatic carbocycles. The predicted molar refractivity (Wildman–Crippen MR) is 89.6 cm³/mol. The highest BCUT2D eigenvalue weighted by molar-refractivity contribution is 5.84. The van der Waals surface area contributed by atoms with Gasteiger partial charge in [0.25, 0.3) is 5.69 Å². The van der Waals surface area contributed by atoms with E-state index in [0.29, 0.717) is 19.4 Å². The van der Waals surface area contributed by atoms with E-state index in [9.17, 15) is 19.7 Å². The molecule has 1 heterocycles. The van der Waals surface area contributed by atoms with E-state index in [1.807, 2.05) is 0 Å². The Morgan fingerprint density at radius 3 is 2.46 bits per heavy atom. The van der Waals surface area contributed by atoms with Crippen molar-refractivity contribution in [2.24, 2.45) is 0 Å². The fourth-order valence-corrected chi connectivity index (χ4v) is 2.52. The Hall–Kier alpha value is -2.64. The number of likely N-dealkylation sites (tertiary alicyclic amines) is 1. The second kappa shape index (κ2) is 8.85. The molecule has 2 amide bonds. The quantitative estimate of drug-likeness (QED) is 0.426. The first-order valence-corrected chi connectivity index (χ1v) is 8.09. The van der Waals surface area contributed by atoms with Crippen molar-refractivity contribution in [2.45, 2.75) is 25.7 Å². The van der Waals surface area contributed by atoms with E-state index in [4.69, 9.17) is 0 Å². The molecular formula is C16H22N4O4. The van der Waals surface area contributed by atoms with Crippen LogP contribution < -0.4 is 10.6 Å². The highest BCUT2D eigenvalue weighted by atomic mass is 16.6. The molecule has 1 aromatic rings. The molecule has 2 N–H and O–H groups in total. The summed E-state index contributed by atoms with van der Waals surface area (Å²) in [4.78, 5) is 35.4. The van der Waals surface area contributed by atoms with Crippen LogP contribution in [0.15, 0.2) is 24.3 Å². The molecule has 0 spiro atoms. The zero-order chi connectivity index (χ0) is 17.4. The smallest absolute Gasteiger partial charge is 0.269 e. The SMILES string of the molecule is O=C(CCCNc1ccc([N+](=O)[O-])cc1)NCC(=O)N1CCCC1. The number of hydrogen-bond donors (Lipinski definition) is 2. The van der Waals surface area contributed by atoms with Crippen LogP contribution in [-0.2, 0) is 9.59 Å². The number of rotatable bonds is 8. The zero-order valence-corrected chi connectivity index (χ0v) is 13.5. The molecule has 8 heteroatoms. The Bertz CT molecular complexity index is 582. The first kappa shape index (κ1) is 17.7. The van der Waals surface area contributed by atoms with Gasteiger partial charge in [-0.2, -0.15) is 0 Å². The monoisotopic (exact) mass is 334 g/mol. The number of nitrogens with one attached hydrogen (secondary N) is 2. The highest BCUT2D eigenvalue weighted by Crippen LogP contribution is 2.15. The summed E-state index contributed by atoms with van der Waals surface area (Å²) in [5.41, 5.74) is 0.813. The number of anilines is 1. The molecule has 0 aliphatic carbocycles. The maximum absolute atomic E-state index is 11.8. The number of benzene rings is 1. The van der Waals surface area contributed by atoms with Crippen molar-refractivity contribution in [3.05, 3.63) is 34.4 Å². The lowest BCUT2D eigenvalue weighted by molar-refractivity contribution is -0.384. The number of amides is 2. The molecular weight excluding hydrogens is 312 g/mol. The van der Waals surface area contributed by atoms with Gasteiger partial charge in [0.1, 0.15) is 0 Å². The molecule has 1 saturated heterocycles. The largest absolute Gasteiger partial charge is 0.385 e. The second-order valence-corrected chi connectivity index (χ2v) is 5.70. The first-order chi connectivity index (χ1) is 11.6. The Balaban J connectivity index is 1.58. The molecule has 130 valence electrons. The lowest BCUT2D eigenvalue weighted by Crippen LogP contribution is -2.38. The summed E-state index contributed by atoms with van der Waals surface area (Å²) in [5, 5.41) is 16.3. The molecule has 24 heavy (non-hydrogen) atoms. The van der Waals surface area contributed by atoms with Crippen LogP contribution in [-0.4, -0.2) is 47.8 Å². The van der Waals surface area contributed by atoms with Crippen molar-refractivity contribution >= 4 is 23.2 Å². The van der Waals surface area contributed by atoms with Crippen LogP contribution >= 0.6 is 0 Å². The van der Waals surface area contributed by atoms with Crippen molar-refractivity contribution < 1.29 is 14.5 Å². The third-order valence-electron chi connectivity index (χ3n) is 3.88. The standard InChI is InChI=1S/C16H22N4O4/c21-15(18-12-16(22)19-10-1-2-11-19)4-3-9-17-13-5-7-14(8-6-13)20(23)24/h5-8,17H,1-4,9-12H2,(H,18,21). The minimum Gasteiger partial charge on any atom is -0.385 e. The number of carbonyl (C=O) groups is 2. The minimum atomic E-state index is -0.447. The van der Waals surface area contributed by atoms with Crippen LogP contribution in [0.2, 0.25) is 0 Å². The van der Waals surface area contributed by atoms with Crippen molar-refractivity contribution in [3.8, 4) is 0 Å². The summed E-state index contributed by atoms with van der Waals surface area (Å²) in [6.07, 6.45) is 3.01. The molecule has 0 saturated carbocycles. The zero-order valence-electron chi connectivity index (χ0n) is 13.5. The van der Waals surface area contributed by atoms with Gasteiger partial charge in [-0.05, 0) is 31.4 Å². The van der Waals surface area contributed by atoms with Gasteiger partial charge in [0, 0.05) is 43.9 Å².